The number of hydrogen-bond donors (Lipinski definition) is 1. The molecule has 0 radical (unpaired) electrons. The van der Waals surface area contributed by atoms with E-state index in [9.17, 15) is 0 Å². The lowest BCUT2D eigenvalue weighted by molar-refractivity contribution is 0.244. The number of aromatic nitrogens is 4. The van der Waals surface area contributed by atoms with Crippen molar-refractivity contribution in [1.82, 2.24) is 24.5 Å². The molecular weight excluding hydrogens is 468 g/mol. The van der Waals surface area contributed by atoms with Crippen LogP contribution in [0.1, 0.15) is 55.7 Å². The maximum Gasteiger partial charge on any atom is 0.226 e. The molecule has 0 unspecified atom stereocenters. The maximum atomic E-state index is 5.62. The summed E-state index contributed by atoms with van der Waals surface area (Å²) >= 11 is 0. The van der Waals surface area contributed by atoms with E-state index in [4.69, 9.17) is 29.0 Å². The van der Waals surface area contributed by atoms with Gasteiger partial charge in [-0.2, -0.15) is 4.52 Å². The summed E-state index contributed by atoms with van der Waals surface area (Å²) in [5.41, 5.74) is 4.41. The summed E-state index contributed by atoms with van der Waals surface area (Å²) in [6.45, 7) is 4.76. The number of ether oxygens (including phenoxy) is 2. The first kappa shape index (κ1) is 23.8. The number of nitrogens with zero attached hydrogens (tertiary/aromatic N) is 5. The molecule has 2 aliphatic rings. The minimum absolute atomic E-state index is 0.00713. The van der Waals surface area contributed by atoms with E-state index >= 15 is 0 Å². The van der Waals surface area contributed by atoms with Crippen molar-refractivity contribution in [3.8, 4) is 23.1 Å². The van der Waals surface area contributed by atoms with Gasteiger partial charge in [0.05, 0.1) is 20.5 Å². The molecule has 0 saturated heterocycles. The van der Waals surface area contributed by atoms with Gasteiger partial charge >= 0.3 is 0 Å². The molecule has 0 bridgehead atoms. The Morgan fingerprint density at radius 1 is 1.08 bits per heavy atom. The smallest absolute Gasteiger partial charge is 0.226 e. The normalized spacial score (nSPS) is 17.5. The molecule has 0 spiro atoms. The van der Waals surface area contributed by atoms with Crippen LogP contribution in [0.4, 0.5) is 5.95 Å². The molecule has 0 atom stereocenters. The number of methoxy groups -OCH3 is 2. The van der Waals surface area contributed by atoms with Crippen molar-refractivity contribution in [3.05, 3.63) is 53.4 Å². The molecule has 1 fully saturated rings. The average molecular weight is 503 g/mol. The Morgan fingerprint density at radius 3 is 2.59 bits per heavy atom. The maximum absolute atomic E-state index is 5.62. The van der Waals surface area contributed by atoms with E-state index in [-0.39, 0.29) is 5.54 Å². The molecule has 4 aromatic rings. The van der Waals surface area contributed by atoms with Crippen LogP contribution in [0.3, 0.4) is 0 Å². The minimum atomic E-state index is 0.00713. The molecule has 1 aliphatic carbocycles. The van der Waals surface area contributed by atoms with Crippen molar-refractivity contribution in [2.75, 3.05) is 26.1 Å². The number of furan rings is 1. The predicted molar refractivity (Wildman–Crippen MR) is 141 cm³/mol. The van der Waals surface area contributed by atoms with Crippen molar-refractivity contribution in [2.24, 2.45) is 0 Å². The lowest BCUT2D eigenvalue weighted by Crippen LogP contribution is -2.38. The van der Waals surface area contributed by atoms with Crippen molar-refractivity contribution in [1.29, 1.82) is 0 Å². The minimum Gasteiger partial charge on any atom is -0.493 e. The Bertz CT molecular complexity index is 1390. The van der Waals surface area contributed by atoms with Crippen molar-refractivity contribution in [3.63, 3.8) is 0 Å². The van der Waals surface area contributed by atoms with E-state index in [1.807, 2.05) is 22.8 Å². The number of anilines is 1. The van der Waals surface area contributed by atoms with Gasteiger partial charge in [0, 0.05) is 36.9 Å². The topological polar surface area (TPSA) is 90.0 Å². The number of nitrogens with one attached hydrogen (secondary N) is 1. The number of rotatable bonds is 7. The molecule has 3 aromatic heterocycles. The molecule has 0 amide bonds. The fraction of sp³-hybridized carbons (Fsp3) is 0.464. The predicted octanol–water partition coefficient (Wildman–Crippen LogP) is 5.09. The van der Waals surface area contributed by atoms with E-state index in [2.05, 4.69) is 29.3 Å². The Labute approximate surface area is 216 Å². The van der Waals surface area contributed by atoms with Crippen LogP contribution >= 0.6 is 0 Å². The molecule has 1 aliphatic heterocycles. The summed E-state index contributed by atoms with van der Waals surface area (Å²) in [6.07, 6.45) is 10.5. The highest BCUT2D eigenvalue weighted by atomic mass is 16.5. The van der Waals surface area contributed by atoms with Crippen molar-refractivity contribution >= 4 is 11.6 Å². The summed E-state index contributed by atoms with van der Waals surface area (Å²) in [5, 5.41) is 8.53. The van der Waals surface area contributed by atoms with Crippen LogP contribution in [0.15, 0.2) is 41.1 Å². The van der Waals surface area contributed by atoms with E-state index in [1.54, 1.807) is 20.5 Å². The fourth-order valence-corrected chi connectivity index (χ4v) is 5.67. The van der Waals surface area contributed by atoms with Crippen LogP contribution in [0, 0.1) is 0 Å². The third-order valence-electron chi connectivity index (χ3n) is 7.74. The van der Waals surface area contributed by atoms with Gasteiger partial charge in [-0.25, -0.2) is 9.97 Å². The first-order valence-corrected chi connectivity index (χ1v) is 13.1. The van der Waals surface area contributed by atoms with Crippen molar-refractivity contribution in [2.45, 2.75) is 64.1 Å². The standard InChI is InChI=1S/C28H34N6O3/c1-28(10-5-4-6-11-28)31-27-29-16-21(26-30-25(32-34(26)27)22-8-7-13-37-22)18-33-12-9-19-14-23(35-2)24(36-3)15-20(19)17-33/h7-8,13-16H,4-6,9-12,17-18H2,1-3H3,(H,29,31). The molecule has 9 heteroatoms. The molecular formula is C28H34N6O3. The number of hydrogen-bond acceptors (Lipinski definition) is 8. The van der Waals surface area contributed by atoms with Gasteiger partial charge in [-0.05, 0) is 61.6 Å². The first-order chi connectivity index (χ1) is 18.0. The summed E-state index contributed by atoms with van der Waals surface area (Å²) in [6, 6.07) is 7.95. The van der Waals surface area contributed by atoms with Gasteiger partial charge in [-0.3, -0.25) is 4.90 Å². The quantitative estimate of drug-likeness (QED) is 0.374. The van der Waals surface area contributed by atoms with Gasteiger partial charge in [-0.1, -0.05) is 19.3 Å². The van der Waals surface area contributed by atoms with Gasteiger partial charge in [0.15, 0.2) is 22.9 Å². The second-order valence-corrected chi connectivity index (χ2v) is 10.4. The Hall–Kier alpha value is -3.59. The highest BCUT2D eigenvalue weighted by Gasteiger charge is 2.29. The summed E-state index contributed by atoms with van der Waals surface area (Å²) in [4.78, 5) is 12.2. The van der Waals surface area contributed by atoms with Gasteiger partial charge in [0.25, 0.3) is 0 Å². The van der Waals surface area contributed by atoms with E-state index in [0.29, 0.717) is 11.6 Å². The molecule has 1 saturated carbocycles. The third-order valence-corrected chi connectivity index (χ3v) is 7.74. The molecule has 37 heavy (non-hydrogen) atoms. The van der Waals surface area contributed by atoms with Crippen LogP contribution in [0.5, 0.6) is 11.5 Å². The summed E-state index contributed by atoms with van der Waals surface area (Å²) in [7, 11) is 3.36. The Morgan fingerprint density at radius 2 is 1.86 bits per heavy atom. The Balaban J connectivity index is 1.32. The number of fused-ring (bicyclic) bond motifs is 2. The lowest BCUT2D eigenvalue weighted by Gasteiger charge is -2.35. The summed E-state index contributed by atoms with van der Waals surface area (Å²) in [5.74, 6) is 3.49. The lowest BCUT2D eigenvalue weighted by atomic mass is 9.83. The zero-order valence-corrected chi connectivity index (χ0v) is 21.8. The highest BCUT2D eigenvalue weighted by Crippen LogP contribution is 2.34. The molecule has 1 aromatic carbocycles. The van der Waals surface area contributed by atoms with Gasteiger partial charge in [0.2, 0.25) is 11.8 Å². The fourth-order valence-electron chi connectivity index (χ4n) is 5.67. The average Bonchev–Trinajstić information content (AvgIpc) is 3.60. The van der Waals surface area contributed by atoms with Crippen LogP contribution in [-0.2, 0) is 19.5 Å². The molecule has 6 rings (SSSR count). The second-order valence-electron chi connectivity index (χ2n) is 10.4. The highest BCUT2D eigenvalue weighted by molar-refractivity contribution is 5.58. The van der Waals surface area contributed by atoms with E-state index in [1.165, 1.54) is 30.4 Å². The van der Waals surface area contributed by atoms with Crippen molar-refractivity contribution < 1.29 is 13.9 Å². The largest absolute Gasteiger partial charge is 0.493 e. The second kappa shape index (κ2) is 9.70. The summed E-state index contributed by atoms with van der Waals surface area (Å²) < 4.78 is 18.5. The van der Waals surface area contributed by atoms with Gasteiger partial charge in [0.1, 0.15) is 0 Å². The number of benzene rings is 1. The molecule has 9 nitrogen and oxygen atoms in total. The van der Waals surface area contributed by atoms with Crippen LogP contribution in [-0.4, -0.2) is 50.8 Å². The molecule has 4 heterocycles. The first-order valence-electron chi connectivity index (χ1n) is 13.1. The van der Waals surface area contributed by atoms with Crippen LogP contribution < -0.4 is 14.8 Å². The van der Waals surface area contributed by atoms with E-state index in [0.717, 1.165) is 67.6 Å². The molecule has 1 N–H and O–H groups in total. The monoisotopic (exact) mass is 502 g/mol. The zero-order chi connectivity index (χ0) is 25.4. The van der Waals surface area contributed by atoms with E-state index < -0.39 is 0 Å². The van der Waals surface area contributed by atoms with Crippen LogP contribution in [0.2, 0.25) is 0 Å². The zero-order valence-electron chi connectivity index (χ0n) is 21.8. The Kier molecular flexibility index (Phi) is 6.24. The third kappa shape index (κ3) is 4.64. The molecule has 194 valence electrons. The van der Waals surface area contributed by atoms with Crippen LogP contribution in [0.25, 0.3) is 17.2 Å². The van der Waals surface area contributed by atoms with Gasteiger partial charge < -0.3 is 19.2 Å². The SMILES string of the molecule is COc1cc2c(cc1OC)CN(Cc1cnc(NC3(C)CCCCC3)n3nc(-c4ccco4)nc13)CC2. The van der Waals surface area contributed by atoms with Gasteiger partial charge in [-0.15, -0.1) is 5.10 Å².